The molecule has 5 heteroatoms. The van der Waals surface area contributed by atoms with E-state index in [0.717, 1.165) is 27.6 Å². The lowest BCUT2D eigenvalue weighted by Gasteiger charge is -2.26. The molecule has 0 bridgehead atoms. The quantitative estimate of drug-likeness (QED) is 0.714. The fourth-order valence-corrected chi connectivity index (χ4v) is 4.31. The molecule has 0 spiro atoms. The lowest BCUT2D eigenvalue weighted by Crippen LogP contribution is -2.25. The van der Waals surface area contributed by atoms with Crippen LogP contribution in [-0.2, 0) is 6.42 Å². The van der Waals surface area contributed by atoms with Crippen LogP contribution in [0.2, 0.25) is 10.0 Å². The second-order valence-corrected chi connectivity index (χ2v) is 7.65. The first kappa shape index (κ1) is 14.1. The highest BCUT2D eigenvalue weighted by Crippen LogP contribution is 2.42. The number of carbonyl (C=O) groups is 1. The van der Waals surface area contributed by atoms with Crippen molar-refractivity contribution in [1.29, 1.82) is 0 Å². The summed E-state index contributed by atoms with van der Waals surface area (Å²) < 4.78 is 0. The average molecular weight is 326 g/mol. The van der Waals surface area contributed by atoms with E-state index in [1.54, 1.807) is 18.2 Å². The fourth-order valence-electron chi connectivity index (χ4n) is 2.53. The van der Waals surface area contributed by atoms with Crippen molar-refractivity contribution in [3.63, 3.8) is 0 Å². The Hall–Kier alpha value is -0.900. The molecule has 0 amide bonds. The zero-order chi connectivity index (χ0) is 14.5. The number of halogens is 2. The molecule has 2 aromatic rings. The van der Waals surface area contributed by atoms with E-state index in [0.29, 0.717) is 16.5 Å². The number of benzene rings is 1. The van der Waals surface area contributed by atoms with Gasteiger partial charge in [-0.1, -0.05) is 43.1 Å². The standard InChI is InChI=1S/C15H13Cl2NOS/c1-15(2)6-10-13(11(19)7-15)20-14(18-10)12-8(16)4-3-5-9(12)17/h3-5H,6-7H2,1-2H3. The first-order valence-electron chi connectivity index (χ1n) is 6.35. The number of fused-ring (bicyclic) bond motifs is 1. The first-order valence-corrected chi connectivity index (χ1v) is 7.92. The molecule has 20 heavy (non-hydrogen) atoms. The molecular weight excluding hydrogens is 313 g/mol. The van der Waals surface area contributed by atoms with Crippen LogP contribution < -0.4 is 0 Å². The van der Waals surface area contributed by atoms with Gasteiger partial charge in [0, 0.05) is 12.0 Å². The van der Waals surface area contributed by atoms with Crippen molar-refractivity contribution in [2.24, 2.45) is 5.41 Å². The Kier molecular flexibility index (Phi) is 3.39. The Labute approximate surface area is 131 Å². The molecule has 2 nitrogen and oxygen atoms in total. The minimum absolute atomic E-state index is 0.0281. The van der Waals surface area contributed by atoms with Gasteiger partial charge < -0.3 is 0 Å². The maximum Gasteiger partial charge on any atom is 0.175 e. The maximum absolute atomic E-state index is 12.2. The van der Waals surface area contributed by atoms with Crippen LogP contribution >= 0.6 is 34.5 Å². The number of ketones is 1. The molecular formula is C15H13Cl2NOS. The van der Waals surface area contributed by atoms with Crippen molar-refractivity contribution in [1.82, 2.24) is 4.98 Å². The first-order chi connectivity index (χ1) is 9.37. The van der Waals surface area contributed by atoms with Crippen LogP contribution in [-0.4, -0.2) is 10.8 Å². The second-order valence-electron chi connectivity index (χ2n) is 5.83. The Morgan fingerprint density at radius 1 is 1.20 bits per heavy atom. The van der Waals surface area contributed by atoms with Crippen molar-refractivity contribution >= 4 is 40.3 Å². The van der Waals surface area contributed by atoms with Crippen LogP contribution in [0.25, 0.3) is 10.6 Å². The number of rotatable bonds is 1. The van der Waals surface area contributed by atoms with Crippen LogP contribution in [0.3, 0.4) is 0 Å². The number of thiazole rings is 1. The summed E-state index contributed by atoms with van der Waals surface area (Å²) in [5, 5.41) is 1.86. The summed E-state index contributed by atoms with van der Waals surface area (Å²) in [6.45, 7) is 4.19. The Bertz CT molecular complexity index is 686. The molecule has 0 N–H and O–H groups in total. The maximum atomic E-state index is 12.2. The summed E-state index contributed by atoms with van der Waals surface area (Å²) >= 11 is 13.8. The van der Waals surface area contributed by atoms with E-state index in [1.165, 1.54) is 11.3 Å². The van der Waals surface area contributed by atoms with E-state index in [4.69, 9.17) is 23.2 Å². The summed E-state index contributed by atoms with van der Waals surface area (Å²) in [4.78, 5) is 17.6. The van der Waals surface area contributed by atoms with Gasteiger partial charge in [-0.05, 0) is 24.0 Å². The molecule has 0 saturated heterocycles. The molecule has 0 atom stereocenters. The normalized spacial score (nSPS) is 17.1. The zero-order valence-electron chi connectivity index (χ0n) is 11.2. The van der Waals surface area contributed by atoms with Gasteiger partial charge in [0.25, 0.3) is 0 Å². The minimum atomic E-state index is -0.0281. The lowest BCUT2D eigenvalue weighted by atomic mass is 9.78. The zero-order valence-corrected chi connectivity index (χ0v) is 13.5. The van der Waals surface area contributed by atoms with Crippen LogP contribution in [0.1, 0.15) is 35.6 Å². The summed E-state index contributed by atoms with van der Waals surface area (Å²) in [5.41, 5.74) is 1.57. The van der Waals surface area contributed by atoms with Gasteiger partial charge in [0.15, 0.2) is 5.78 Å². The third-order valence-electron chi connectivity index (χ3n) is 3.41. The highest BCUT2D eigenvalue weighted by molar-refractivity contribution is 7.17. The lowest BCUT2D eigenvalue weighted by molar-refractivity contribution is 0.0916. The summed E-state index contributed by atoms with van der Waals surface area (Å²) in [7, 11) is 0. The van der Waals surface area contributed by atoms with E-state index in [9.17, 15) is 4.79 Å². The molecule has 0 unspecified atom stereocenters. The molecule has 0 aliphatic heterocycles. The van der Waals surface area contributed by atoms with E-state index >= 15 is 0 Å². The molecule has 0 fully saturated rings. The van der Waals surface area contributed by atoms with Gasteiger partial charge in [0.1, 0.15) is 5.01 Å². The van der Waals surface area contributed by atoms with Crippen LogP contribution in [0, 0.1) is 5.41 Å². The SMILES string of the molecule is CC1(C)CC(=O)c2sc(-c3c(Cl)cccc3Cl)nc2C1. The van der Waals surface area contributed by atoms with E-state index in [-0.39, 0.29) is 11.2 Å². The molecule has 0 radical (unpaired) electrons. The third-order valence-corrected chi connectivity index (χ3v) is 5.20. The Morgan fingerprint density at radius 2 is 1.85 bits per heavy atom. The van der Waals surface area contributed by atoms with Crippen LogP contribution in [0.15, 0.2) is 18.2 Å². The number of hydrogen-bond donors (Lipinski definition) is 0. The number of carbonyl (C=O) groups excluding carboxylic acids is 1. The van der Waals surface area contributed by atoms with E-state index in [2.05, 4.69) is 18.8 Å². The minimum Gasteiger partial charge on any atom is -0.293 e. The van der Waals surface area contributed by atoms with Gasteiger partial charge in [0.2, 0.25) is 0 Å². The predicted molar refractivity (Wildman–Crippen MR) is 84.0 cm³/mol. The number of hydrogen-bond acceptors (Lipinski definition) is 3. The Balaban J connectivity index is 2.13. The molecule has 3 rings (SSSR count). The summed E-state index contributed by atoms with van der Waals surface area (Å²) in [6.07, 6.45) is 1.38. The van der Waals surface area contributed by atoms with E-state index < -0.39 is 0 Å². The fraction of sp³-hybridized carbons (Fsp3) is 0.333. The van der Waals surface area contributed by atoms with Gasteiger partial charge >= 0.3 is 0 Å². The molecule has 1 heterocycles. The predicted octanol–water partition coefficient (Wildman–Crippen LogP) is 5.27. The van der Waals surface area contributed by atoms with Gasteiger partial charge in [-0.15, -0.1) is 11.3 Å². The largest absolute Gasteiger partial charge is 0.293 e. The summed E-state index contributed by atoms with van der Waals surface area (Å²) in [6, 6.07) is 5.37. The van der Waals surface area contributed by atoms with E-state index in [1.807, 2.05) is 0 Å². The smallest absolute Gasteiger partial charge is 0.175 e. The highest BCUT2D eigenvalue weighted by Gasteiger charge is 2.34. The molecule has 1 aromatic carbocycles. The van der Waals surface area contributed by atoms with Crippen molar-refractivity contribution in [2.75, 3.05) is 0 Å². The number of nitrogens with zero attached hydrogens (tertiary/aromatic N) is 1. The van der Waals surface area contributed by atoms with Crippen molar-refractivity contribution in [2.45, 2.75) is 26.7 Å². The number of Topliss-reactive ketones (excluding diaryl/α,β-unsaturated/α-hetero) is 1. The van der Waals surface area contributed by atoms with Crippen molar-refractivity contribution in [3.8, 4) is 10.6 Å². The Morgan fingerprint density at radius 3 is 2.50 bits per heavy atom. The molecule has 104 valence electrons. The van der Waals surface area contributed by atoms with Crippen molar-refractivity contribution in [3.05, 3.63) is 38.8 Å². The molecule has 1 aliphatic carbocycles. The van der Waals surface area contributed by atoms with Crippen LogP contribution in [0.5, 0.6) is 0 Å². The van der Waals surface area contributed by atoms with Gasteiger partial charge in [-0.2, -0.15) is 0 Å². The van der Waals surface area contributed by atoms with Gasteiger partial charge in [-0.25, -0.2) is 4.98 Å². The molecule has 0 saturated carbocycles. The monoisotopic (exact) mass is 325 g/mol. The highest BCUT2D eigenvalue weighted by atomic mass is 35.5. The summed E-state index contributed by atoms with van der Waals surface area (Å²) in [5.74, 6) is 0.170. The molecule has 1 aliphatic rings. The van der Waals surface area contributed by atoms with Crippen molar-refractivity contribution < 1.29 is 4.79 Å². The third kappa shape index (κ3) is 2.39. The average Bonchev–Trinajstić information content (AvgIpc) is 2.70. The topological polar surface area (TPSA) is 30.0 Å². The van der Waals surface area contributed by atoms with Crippen LogP contribution in [0.4, 0.5) is 0 Å². The van der Waals surface area contributed by atoms with Gasteiger partial charge in [0.05, 0.1) is 20.6 Å². The number of aromatic nitrogens is 1. The molecule has 1 aromatic heterocycles. The van der Waals surface area contributed by atoms with Gasteiger partial charge in [-0.3, -0.25) is 4.79 Å². The second kappa shape index (κ2) is 4.83.